The average molecular weight is 570 g/mol. The number of hydrogen-bond donors (Lipinski definition) is 0. The van der Waals surface area contributed by atoms with Crippen molar-refractivity contribution in [2.24, 2.45) is 40.6 Å². The number of hydrazone groups is 1. The van der Waals surface area contributed by atoms with Crippen molar-refractivity contribution in [3.8, 4) is 5.75 Å². The monoisotopic (exact) mass is 569 g/mol. The summed E-state index contributed by atoms with van der Waals surface area (Å²) in [5, 5.41) is 5.72. The van der Waals surface area contributed by atoms with Gasteiger partial charge >= 0.3 is 0 Å². The Hall–Kier alpha value is -4.85. The van der Waals surface area contributed by atoms with Gasteiger partial charge in [0.1, 0.15) is 5.75 Å². The number of para-hydroxylation sites is 2. The molecule has 8 nitrogen and oxygen atoms in total. The normalized spacial score (nSPS) is 34.3. The van der Waals surface area contributed by atoms with Gasteiger partial charge in [-0.2, -0.15) is 10.1 Å². The molecule has 10 rings (SSSR count). The molecule has 3 aromatic carbocycles. The van der Waals surface area contributed by atoms with E-state index < -0.39 is 17.3 Å². The molecular formula is C35H27N3O5. The molecule has 0 spiro atoms. The highest BCUT2D eigenvalue weighted by molar-refractivity contribution is 6.25. The zero-order chi connectivity index (χ0) is 29.2. The van der Waals surface area contributed by atoms with E-state index in [9.17, 15) is 19.2 Å². The predicted octanol–water partition coefficient (Wildman–Crippen LogP) is 4.04. The minimum Gasteiger partial charge on any atom is -0.495 e. The van der Waals surface area contributed by atoms with Gasteiger partial charge in [-0.25, -0.2) is 4.90 Å². The lowest BCUT2D eigenvalue weighted by atomic mass is 9.47. The highest BCUT2D eigenvalue weighted by Crippen LogP contribution is 2.64. The summed E-state index contributed by atoms with van der Waals surface area (Å²) in [6.45, 7) is 0. The van der Waals surface area contributed by atoms with E-state index in [1.165, 1.54) is 12.0 Å². The van der Waals surface area contributed by atoms with Crippen molar-refractivity contribution in [1.29, 1.82) is 0 Å². The lowest BCUT2D eigenvalue weighted by molar-refractivity contribution is -0.140. The largest absolute Gasteiger partial charge is 0.495 e. The SMILES string of the molecule is COc1ccccc1N1C(=O)[C@@H]2C3c4ccccc4C(/C=N\N4C(=O)[C@H]5[C@H](C4=O)[C@H]4C=C[C@H]5C4)(c4ccccc43)[C@@H]2C1=O. The maximum Gasteiger partial charge on any atom is 0.254 e. The fourth-order valence-corrected chi connectivity index (χ4v) is 9.25. The third kappa shape index (κ3) is 2.84. The number of benzene rings is 3. The van der Waals surface area contributed by atoms with Crippen molar-refractivity contribution in [2.75, 3.05) is 12.0 Å². The van der Waals surface area contributed by atoms with Crippen molar-refractivity contribution >= 4 is 35.5 Å². The third-order valence-corrected chi connectivity index (χ3v) is 10.8. The van der Waals surface area contributed by atoms with Crippen molar-refractivity contribution < 1.29 is 23.9 Å². The Morgan fingerprint density at radius 2 is 1.33 bits per heavy atom. The van der Waals surface area contributed by atoms with Crippen LogP contribution in [-0.2, 0) is 24.6 Å². The van der Waals surface area contributed by atoms with Crippen LogP contribution in [0.2, 0.25) is 0 Å². The molecule has 7 aliphatic rings. The Bertz CT molecular complexity index is 1780. The zero-order valence-corrected chi connectivity index (χ0v) is 23.3. The van der Waals surface area contributed by atoms with Crippen molar-refractivity contribution in [2.45, 2.75) is 17.8 Å². The van der Waals surface area contributed by atoms with E-state index in [0.29, 0.717) is 11.4 Å². The van der Waals surface area contributed by atoms with E-state index in [1.807, 2.05) is 48.5 Å². The standard InChI is InChI=1S/C35H27N3O5/c1-43-25-13-7-6-12-24(25)37-31(39)29-28-20-8-2-4-10-22(20)35(30(29)34(37)42,23-11-5-3-9-21(23)28)17-36-38-32(40)26-18-14-15-19(16-18)27(26)33(38)41/h2-15,17-19,26-30H,16H2,1H3/b36-17-/t18-,19-,26+,27+,28?,29+,30-,35?/m0/s1. The maximum absolute atomic E-state index is 14.6. The number of nitrogens with zero attached hydrogens (tertiary/aromatic N) is 3. The maximum atomic E-state index is 14.6. The number of amides is 4. The number of methoxy groups -OCH3 is 1. The van der Waals surface area contributed by atoms with Gasteiger partial charge in [-0.3, -0.25) is 19.2 Å². The summed E-state index contributed by atoms with van der Waals surface area (Å²) in [5.74, 6) is -3.30. The molecule has 0 radical (unpaired) electrons. The number of imide groups is 2. The first-order chi connectivity index (χ1) is 21.0. The first-order valence-electron chi connectivity index (χ1n) is 14.8. The molecule has 0 unspecified atom stereocenters. The van der Waals surface area contributed by atoms with Crippen molar-refractivity contribution in [3.63, 3.8) is 0 Å². The highest BCUT2D eigenvalue weighted by atomic mass is 16.5. The molecule has 4 bridgehead atoms. The van der Waals surface area contributed by atoms with Crippen LogP contribution in [0.5, 0.6) is 5.75 Å². The summed E-state index contributed by atoms with van der Waals surface area (Å²) in [7, 11) is 1.52. The van der Waals surface area contributed by atoms with E-state index >= 15 is 0 Å². The molecule has 3 aromatic rings. The van der Waals surface area contributed by atoms with Gasteiger partial charge in [0.15, 0.2) is 0 Å². The van der Waals surface area contributed by atoms with Gasteiger partial charge in [0.25, 0.3) is 11.8 Å². The quantitative estimate of drug-likeness (QED) is 0.269. The van der Waals surface area contributed by atoms with Gasteiger partial charge in [0, 0.05) is 12.1 Å². The van der Waals surface area contributed by atoms with Crippen molar-refractivity contribution in [1.82, 2.24) is 5.01 Å². The van der Waals surface area contributed by atoms with Crippen LogP contribution in [0.4, 0.5) is 5.69 Å². The van der Waals surface area contributed by atoms with Crippen LogP contribution in [0, 0.1) is 35.5 Å². The summed E-state index contributed by atoms with van der Waals surface area (Å²) in [6.07, 6.45) is 6.56. The summed E-state index contributed by atoms with van der Waals surface area (Å²) in [4.78, 5) is 57.6. The van der Waals surface area contributed by atoms with Gasteiger partial charge in [0.05, 0.1) is 41.9 Å². The lowest BCUT2D eigenvalue weighted by Gasteiger charge is -2.52. The second-order valence-electron chi connectivity index (χ2n) is 12.4. The summed E-state index contributed by atoms with van der Waals surface area (Å²) >= 11 is 0. The number of carbonyl (C=O) groups excluding carboxylic acids is 4. The van der Waals surface area contributed by atoms with Crippen LogP contribution in [0.1, 0.15) is 34.6 Å². The smallest absolute Gasteiger partial charge is 0.254 e. The first kappa shape index (κ1) is 24.7. The van der Waals surface area contributed by atoms with Crippen molar-refractivity contribution in [3.05, 3.63) is 107 Å². The Morgan fingerprint density at radius 3 is 1.95 bits per heavy atom. The molecule has 43 heavy (non-hydrogen) atoms. The fraction of sp³-hybridized carbons (Fsp3) is 0.286. The second-order valence-corrected chi connectivity index (χ2v) is 12.4. The predicted molar refractivity (Wildman–Crippen MR) is 156 cm³/mol. The molecule has 3 fully saturated rings. The molecule has 5 aliphatic carbocycles. The third-order valence-electron chi connectivity index (χ3n) is 10.8. The number of fused-ring (bicyclic) bond motifs is 5. The minimum absolute atomic E-state index is 0.0595. The molecule has 1 saturated carbocycles. The van der Waals surface area contributed by atoms with Gasteiger partial charge in [-0.1, -0.05) is 72.8 Å². The molecule has 2 aliphatic heterocycles. The Balaban J connectivity index is 1.25. The van der Waals surface area contributed by atoms with E-state index in [4.69, 9.17) is 4.74 Å². The second kappa shape index (κ2) is 8.37. The van der Waals surface area contributed by atoms with Crippen LogP contribution in [0.3, 0.4) is 0 Å². The molecule has 8 heteroatoms. The molecule has 2 saturated heterocycles. The number of allylic oxidation sites excluding steroid dienone is 2. The topological polar surface area (TPSA) is 96.3 Å². The Morgan fingerprint density at radius 1 is 0.744 bits per heavy atom. The number of ether oxygens (including phenoxy) is 1. The van der Waals surface area contributed by atoms with E-state index in [2.05, 4.69) is 17.3 Å². The molecule has 4 amide bonds. The zero-order valence-electron chi connectivity index (χ0n) is 23.3. The minimum atomic E-state index is -1.17. The van der Waals surface area contributed by atoms with Crippen LogP contribution in [0.25, 0.3) is 0 Å². The fourth-order valence-electron chi connectivity index (χ4n) is 9.25. The average Bonchev–Trinajstić information content (AvgIpc) is 3.78. The van der Waals surface area contributed by atoms with Gasteiger partial charge in [0.2, 0.25) is 11.8 Å². The lowest BCUT2D eigenvalue weighted by Crippen LogP contribution is -2.55. The van der Waals surface area contributed by atoms with E-state index in [-0.39, 0.29) is 53.2 Å². The van der Waals surface area contributed by atoms with Gasteiger partial charge in [-0.15, -0.1) is 0 Å². The number of rotatable bonds is 4. The van der Waals surface area contributed by atoms with Gasteiger partial charge in [-0.05, 0) is 52.6 Å². The Labute approximate surface area is 247 Å². The number of hydrogen-bond acceptors (Lipinski definition) is 6. The molecular weight excluding hydrogens is 542 g/mol. The molecule has 6 atom stereocenters. The summed E-state index contributed by atoms with van der Waals surface area (Å²) in [5.41, 5.74) is 2.87. The summed E-state index contributed by atoms with van der Waals surface area (Å²) < 4.78 is 5.56. The van der Waals surface area contributed by atoms with Gasteiger partial charge < -0.3 is 4.74 Å². The number of carbonyl (C=O) groups is 4. The van der Waals surface area contributed by atoms with Crippen LogP contribution in [-0.4, -0.2) is 42.0 Å². The molecule has 0 aromatic heterocycles. The van der Waals surface area contributed by atoms with Crippen LogP contribution < -0.4 is 9.64 Å². The van der Waals surface area contributed by atoms with Crippen LogP contribution in [0.15, 0.2) is 90.0 Å². The van der Waals surface area contributed by atoms with E-state index in [1.54, 1.807) is 30.5 Å². The van der Waals surface area contributed by atoms with Crippen LogP contribution >= 0.6 is 0 Å². The summed E-state index contributed by atoms with van der Waals surface area (Å²) in [6, 6.07) is 22.7. The molecule has 2 heterocycles. The number of anilines is 1. The first-order valence-corrected chi connectivity index (χ1v) is 14.8. The Kier molecular flexibility index (Phi) is 4.81. The van der Waals surface area contributed by atoms with E-state index in [0.717, 1.165) is 33.7 Å². The highest BCUT2D eigenvalue weighted by Gasteiger charge is 2.68. The molecule has 212 valence electrons. The molecule has 0 N–H and O–H groups in total.